The molecule has 2 heterocycles. The van der Waals surface area contributed by atoms with Gasteiger partial charge in [-0.25, -0.2) is 4.98 Å². The summed E-state index contributed by atoms with van der Waals surface area (Å²) in [5.41, 5.74) is 2.28. The molecule has 1 aliphatic rings. The van der Waals surface area contributed by atoms with Crippen molar-refractivity contribution in [1.82, 2.24) is 4.98 Å². The number of halogens is 2. The first kappa shape index (κ1) is 13.5. The fourth-order valence-corrected chi connectivity index (χ4v) is 2.68. The zero-order valence-electron chi connectivity index (χ0n) is 11.2. The standard InChI is InChI=1S/C16H9Cl2NO3/c17-10-2-3-13-12(7-10)19-15(22-13)4-1-9-5-11(18)16-14(6-9)20-8-21-16/h1-7H,8H2/b4-1+. The van der Waals surface area contributed by atoms with Crippen LogP contribution in [-0.2, 0) is 0 Å². The van der Waals surface area contributed by atoms with E-state index in [9.17, 15) is 0 Å². The number of ether oxygens (including phenoxy) is 2. The van der Waals surface area contributed by atoms with Crippen molar-refractivity contribution in [3.8, 4) is 11.5 Å². The van der Waals surface area contributed by atoms with E-state index in [-0.39, 0.29) is 6.79 Å². The fraction of sp³-hybridized carbons (Fsp3) is 0.0625. The van der Waals surface area contributed by atoms with Gasteiger partial charge < -0.3 is 13.9 Å². The van der Waals surface area contributed by atoms with E-state index in [1.54, 1.807) is 30.3 Å². The molecular weight excluding hydrogens is 325 g/mol. The molecule has 0 unspecified atom stereocenters. The largest absolute Gasteiger partial charge is 0.454 e. The Labute approximate surface area is 135 Å². The first-order chi connectivity index (χ1) is 10.7. The van der Waals surface area contributed by atoms with Crippen LogP contribution in [0.2, 0.25) is 10.0 Å². The van der Waals surface area contributed by atoms with Crippen molar-refractivity contribution in [2.75, 3.05) is 6.79 Å². The molecule has 2 aromatic carbocycles. The first-order valence-corrected chi connectivity index (χ1v) is 7.28. The highest BCUT2D eigenvalue weighted by atomic mass is 35.5. The summed E-state index contributed by atoms with van der Waals surface area (Å²) < 4.78 is 16.2. The summed E-state index contributed by atoms with van der Waals surface area (Å²) in [4.78, 5) is 4.36. The molecule has 0 saturated heterocycles. The maximum absolute atomic E-state index is 6.15. The lowest BCUT2D eigenvalue weighted by Crippen LogP contribution is -1.93. The van der Waals surface area contributed by atoms with Crippen LogP contribution in [0.5, 0.6) is 11.5 Å². The molecule has 4 nitrogen and oxygen atoms in total. The third-order valence-corrected chi connectivity index (χ3v) is 3.75. The third-order valence-electron chi connectivity index (χ3n) is 3.23. The van der Waals surface area contributed by atoms with E-state index < -0.39 is 0 Å². The van der Waals surface area contributed by atoms with Gasteiger partial charge in [-0.2, -0.15) is 0 Å². The van der Waals surface area contributed by atoms with Crippen molar-refractivity contribution in [2.24, 2.45) is 0 Å². The van der Waals surface area contributed by atoms with Crippen molar-refractivity contribution in [3.63, 3.8) is 0 Å². The van der Waals surface area contributed by atoms with Crippen LogP contribution < -0.4 is 9.47 Å². The molecule has 0 radical (unpaired) electrons. The van der Waals surface area contributed by atoms with Crippen LogP contribution >= 0.6 is 23.2 Å². The van der Waals surface area contributed by atoms with E-state index in [1.807, 2.05) is 12.1 Å². The minimum atomic E-state index is 0.189. The zero-order valence-corrected chi connectivity index (χ0v) is 12.7. The Morgan fingerprint density at radius 1 is 1.05 bits per heavy atom. The smallest absolute Gasteiger partial charge is 0.231 e. The molecule has 4 rings (SSSR count). The van der Waals surface area contributed by atoms with Crippen LogP contribution in [0.25, 0.3) is 23.3 Å². The number of benzene rings is 2. The van der Waals surface area contributed by atoms with E-state index >= 15 is 0 Å². The van der Waals surface area contributed by atoms with Gasteiger partial charge in [0.05, 0.1) is 5.02 Å². The highest BCUT2D eigenvalue weighted by molar-refractivity contribution is 6.32. The predicted octanol–water partition coefficient (Wildman–Crippen LogP) is 5.03. The Balaban J connectivity index is 1.67. The molecule has 0 bridgehead atoms. The molecule has 110 valence electrons. The third kappa shape index (κ3) is 2.40. The fourth-order valence-electron chi connectivity index (χ4n) is 2.24. The lowest BCUT2D eigenvalue weighted by molar-refractivity contribution is 0.174. The molecule has 6 heteroatoms. The monoisotopic (exact) mass is 333 g/mol. The molecule has 0 saturated carbocycles. The molecule has 0 amide bonds. The van der Waals surface area contributed by atoms with Gasteiger partial charge in [-0.15, -0.1) is 0 Å². The molecule has 3 aromatic rings. The Hall–Kier alpha value is -2.17. The van der Waals surface area contributed by atoms with Crippen LogP contribution in [0, 0.1) is 0 Å². The van der Waals surface area contributed by atoms with Crippen molar-refractivity contribution in [2.45, 2.75) is 0 Å². The summed E-state index contributed by atoms with van der Waals surface area (Å²) in [6.07, 6.45) is 3.61. The normalized spacial score (nSPS) is 13.4. The quantitative estimate of drug-likeness (QED) is 0.659. The zero-order chi connectivity index (χ0) is 15.1. The highest BCUT2D eigenvalue weighted by Crippen LogP contribution is 2.40. The number of nitrogens with zero attached hydrogens (tertiary/aromatic N) is 1. The Bertz CT molecular complexity index is 902. The number of oxazole rings is 1. The van der Waals surface area contributed by atoms with Crippen LogP contribution in [-0.4, -0.2) is 11.8 Å². The second kappa shape index (κ2) is 5.23. The predicted molar refractivity (Wildman–Crippen MR) is 85.5 cm³/mol. The Morgan fingerprint density at radius 3 is 2.86 bits per heavy atom. The topological polar surface area (TPSA) is 44.5 Å². The van der Waals surface area contributed by atoms with Crippen LogP contribution in [0.1, 0.15) is 11.5 Å². The van der Waals surface area contributed by atoms with E-state index in [2.05, 4.69) is 4.98 Å². The van der Waals surface area contributed by atoms with Gasteiger partial charge in [-0.3, -0.25) is 0 Å². The second-order valence-electron chi connectivity index (χ2n) is 4.73. The summed E-state index contributed by atoms with van der Waals surface area (Å²) >= 11 is 12.1. The summed E-state index contributed by atoms with van der Waals surface area (Å²) in [5.74, 6) is 1.71. The Kier molecular flexibility index (Phi) is 3.21. The average Bonchev–Trinajstić information content (AvgIpc) is 3.10. The van der Waals surface area contributed by atoms with Crippen molar-refractivity contribution >= 4 is 46.5 Å². The molecule has 22 heavy (non-hydrogen) atoms. The van der Waals surface area contributed by atoms with E-state index in [1.165, 1.54) is 0 Å². The molecule has 0 aliphatic carbocycles. The van der Waals surface area contributed by atoms with Gasteiger partial charge in [0.25, 0.3) is 0 Å². The van der Waals surface area contributed by atoms with E-state index in [4.69, 9.17) is 37.1 Å². The van der Waals surface area contributed by atoms with E-state index in [0.29, 0.717) is 33.0 Å². The van der Waals surface area contributed by atoms with Gasteiger partial charge in [-0.1, -0.05) is 23.2 Å². The van der Waals surface area contributed by atoms with Crippen molar-refractivity contribution in [3.05, 3.63) is 51.8 Å². The highest BCUT2D eigenvalue weighted by Gasteiger charge is 2.17. The molecule has 1 aliphatic heterocycles. The number of fused-ring (bicyclic) bond motifs is 2. The second-order valence-corrected chi connectivity index (χ2v) is 5.58. The number of hydrogen-bond donors (Lipinski definition) is 0. The van der Waals surface area contributed by atoms with Gasteiger partial charge in [-0.05, 0) is 42.0 Å². The average molecular weight is 334 g/mol. The first-order valence-electron chi connectivity index (χ1n) is 6.52. The lowest BCUT2D eigenvalue weighted by atomic mass is 10.2. The molecule has 0 fully saturated rings. The maximum Gasteiger partial charge on any atom is 0.231 e. The lowest BCUT2D eigenvalue weighted by Gasteiger charge is -2.00. The minimum absolute atomic E-state index is 0.189. The van der Waals surface area contributed by atoms with Crippen LogP contribution in [0.15, 0.2) is 34.7 Å². The summed E-state index contributed by atoms with van der Waals surface area (Å²) in [6, 6.07) is 8.96. The molecule has 0 spiro atoms. The SMILES string of the molecule is Clc1ccc2oc(/C=C/c3cc(Cl)c4c(c3)OCO4)nc2c1. The number of hydrogen-bond acceptors (Lipinski definition) is 4. The molecule has 1 aromatic heterocycles. The number of aromatic nitrogens is 1. The van der Waals surface area contributed by atoms with Gasteiger partial charge in [0.15, 0.2) is 17.1 Å². The van der Waals surface area contributed by atoms with Gasteiger partial charge in [0, 0.05) is 11.1 Å². The van der Waals surface area contributed by atoms with Crippen molar-refractivity contribution < 1.29 is 13.9 Å². The van der Waals surface area contributed by atoms with E-state index in [0.717, 1.165) is 11.1 Å². The summed E-state index contributed by atoms with van der Waals surface area (Å²) in [7, 11) is 0. The Morgan fingerprint density at radius 2 is 1.95 bits per heavy atom. The molecule has 0 N–H and O–H groups in total. The summed E-state index contributed by atoms with van der Waals surface area (Å²) in [5, 5.41) is 1.14. The minimum Gasteiger partial charge on any atom is -0.454 e. The van der Waals surface area contributed by atoms with Gasteiger partial charge >= 0.3 is 0 Å². The number of rotatable bonds is 2. The van der Waals surface area contributed by atoms with Crippen molar-refractivity contribution in [1.29, 1.82) is 0 Å². The van der Waals surface area contributed by atoms with Crippen LogP contribution in [0.4, 0.5) is 0 Å². The molecule has 0 atom stereocenters. The molecular formula is C16H9Cl2NO3. The van der Waals surface area contributed by atoms with Gasteiger partial charge in [0.1, 0.15) is 5.52 Å². The van der Waals surface area contributed by atoms with Crippen LogP contribution in [0.3, 0.4) is 0 Å². The summed E-state index contributed by atoms with van der Waals surface area (Å²) in [6.45, 7) is 0.189. The van der Waals surface area contributed by atoms with Gasteiger partial charge in [0.2, 0.25) is 12.7 Å². The maximum atomic E-state index is 6.15.